The third-order valence-corrected chi connectivity index (χ3v) is 5.36. The number of thioether (sulfide) groups is 1. The van der Waals surface area contributed by atoms with Crippen molar-refractivity contribution in [3.05, 3.63) is 64.1 Å². The Morgan fingerprint density at radius 1 is 1.18 bits per heavy atom. The van der Waals surface area contributed by atoms with E-state index in [9.17, 15) is 4.79 Å². The minimum absolute atomic E-state index is 0.0400. The highest BCUT2D eigenvalue weighted by molar-refractivity contribution is 8.18. The number of amides is 1. The summed E-state index contributed by atoms with van der Waals surface area (Å²) in [5, 5.41) is 9.43. The minimum Gasteiger partial charge on any atom is -0.478 e. The van der Waals surface area contributed by atoms with Gasteiger partial charge in [0.25, 0.3) is 5.91 Å². The van der Waals surface area contributed by atoms with E-state index in [1.165, 1.54) is 11.8 Å². The lowest BCUT2D eigenvalue weighted by molar-refractivity contribution is -0.122. The average molecular weight is 391 g/mol. The van der Waals surface area contributed by atoms with Crippen molar-refractivity contribution in [3.8, 4) is 11.8 Å². The summed E-state index contributed by atoms with van der Waals surface area (Å²) >= 11 is 1.36. The molecule has 3 rings (SSSR count). The van der Waals surface area contributed by atoms with Crippen LogP contribution in [0.3, 0.4) is 0 Å². The molecule has 0 aromatic heterocycles. The highest BCUT2D eigenvalue weighted by atomic mass is 32.2. The molecule has 1 amide bonds. The Labute approximate surface area is 169 Å². The second-order valence-corrected chi connectivity index (χ2v) is 7.29. The third kappa shape index (κ3) is 4.10. The highest BCUT2D eigenvalue weighted by Gasteiger charge is 2.32. The molecule has 0 bridgehead atoms. The molecule has 1 aliphatic heterocycles. The molecule has 1 heterocycles. The summed E-state index contributed by atoms with van der Waals surface area (Å²) in [7, 11) is 0. The lowest BCUT2D eigenvalue weighted by Gasteiger charge is -2.13. The number of benzene rings is 2. The van der Waals surface area contributed by atoms with Gasteiger partial charge in [-0.15, -0.1) is 0 Å². The van der Waals surface area contributed by atoms with Crippen LogP contribution in [0.1, 0.15) is 23.6 Å². The molecule has 0 radical (unpaired) electrons. The van der Waals surface area contributed by atoms with Crippen LogP contribution in [0.5, 0.6) is 5.75 Å². The van der Waals surface area contributed by atoms with Crippen LogP contribution in [-0.4, -0.2) is 29.1 Å². The number of para-hydroxylation sites is 2. The van der Waals surface area contributed by atoms with Crippen molar-refractivity contribution in [3.63, 3.8) is 0 Å². The first-order valence-electron chi connectivity index (χ1n) is 9.00. The number of hydrogen-bond acceptors (Lipinski definition) is 5. The van der Waals surface area contributed by atoms with E-state index in [1.807, 2.05) is 63.2 Å². The molecule has 28 heavy (non-hydrogen) atoms. The molecular formula is C22H21N3O2S. The number of ether oxygens (including phenoxy) is 1. The minimum atomic E-state index is -0.0763. The second kappa shape index (κ2) is 8.77. The Morgan fingerprint density at radius 2 is 1.89 bits per heavy atom. The summed E-state index contributed by atoms with van der Waals surface area (Å²) in [5.74, 6) is 0.501. The molecule has 1 aliphatic rings. The molecule has 142 valence electrons. The summed E-state index contributed by atoms with van der Waals surface area (Å²) in [6.07, 6.45) is 1.80. The Bertz CT molecular complexity index is 985. The maximum atomic E-state index is 12.9. The molecule has 0 N–H and O–H groups in total. The summed E-state index contributed by atoms with van der Waals surface area (Å²) in [4.78, 5) is 20.0. The molecule has 0 aliphatic carbocycles. The molecule has 1 fully saturated rings. The number of carbonyl (C=O) groups excluding carboxylic acids is 1. The normalized spacial score (nSPS) is 16.6. The Kier molecular flexibility index (Phi) is 6.17. The number of aryl methyl sites for hydroxylation is 2. The maximum absolute atomic E-state index is 12.9. The van der Waals surface area contributed by atoms with E-state index < -0.39 is 0 Å². The molecule has 1 saturated heterocycles. The predicted molar refractivity (Wildman–Crippen MR) is 114 cm³/mol. The van der Waals surface area contributed by atoms with Crippen molar-refractivity contribution in [2.24, 2.45) is 4.99 Å². The topological polar surface area (TPSA) is 65.7 Å². The van der Waals surface area contributed by atoms with Gasteiger partial charge in [0.1, 0.15) is 11.8 Å². The van der Waals surface area contributed by atoms with Gasteiger partial charge in [-0.05, 0) is 55.8 Å². The standard InChI is InChI=1S/C22H21N3O2S/c1-4-25-21(26)19(14-17-10-5-6-11-18(17)27-13-12-23)28-22(25)24-20-15(2)8-7-9-16(20)3/h5-11,14H,4,13H2,1-3H3/b19-14+,24-22?. The fourth-order valence-electron chi connectivity index (χ4n) is 2.93. The Morgan fingerprint density at radius 3 is 2.57 bits per heavy atom. The lowest BCUT2D eigenvalue weighted by Crippen LogP contribution is -2.28. The number of likely N-dealkylation sites (N-methyl/N-ethyl adjacent to an activating group) is 1. The van der Waals surface area contributed by atoms with Gasteiger partial charge >= 0.3 is 0 Å². The van der Waals surface area contributed by atoms with Gasteiger partial charge in [0, 0.05) is 12.1 Å². The maximum Gasteiger partial charge on any atom is 0.266 e. The summed E-state index contributed by atoms with van der Waals surface area (Å²) in [6.45, 7) is 6.47. The quantitative estimate of drug-likeness (QED) is 0.685. The van der Waals surface area contributed by atoms with Gasteiger partial charge in [-0.3, -0.25) is 9.69 Å². The van der Waals surface area contributed by atoms with Crippen LogP contribution in [0.15, 0.2) is 52.4 Å². The smallest absolute Gasteiger partial charge is 0.266 e. The summed E-state index contributed by atoms with van der Waals surface area (Å²) in [5.41, 5.74) is 3.81. The van der Waals surface area contributed by atoms with E-state index in [0.717, 1.165) is 22.4 Å². The van der Waals surface area contributed by atoms with Crippen LogP contribution in [0, 0.1) is 25.2 Å². The van der Waals surface area contributed by atoms with Crippen LogP contribution in [-0.2, 0) is 4.79 Å². The van der Waals surface area contributed by atoms with E-state index in [2.05, 4.69) is 0 Å². The van der Waals surface area contributed by atoms with Gasteiger partial charge in [0.15, 0.2) is 11.8 Å². The van der Waals surface area contributed by atoms with Gasteiger partial charge < -0.3 is 4.74 Å². The van der Waals surface area contributed by atoms with Crippen LogP contribution in [0.2, 0.25) is 0 Å². The first kappa shape index (κ1) is 19.7. The van der Waals surface area contributed by atoms with Crippen molar-refractivity contribution >= 4 is 34.6 Å². The third-order valence-electron chi connectivity index (χ3n) is 4.35. The molecular weight excluding hydrogens is 370 g/mol. The predicted octanol–water partition coefficient (Wildman–Crippen LogP) is 4.83. The molecule has 5 nitrogen and oxygen atoms in total. The van der Waals surface area contributed by atoms with Gasteiger partial charge in [-0.1, -0.05) is 36.4 Å². The van der Waals surface area contributed by atoms with E-state index in [-0.39, 0.29) is 12.5 Å². The molecule has 0 atom stereocenters. The molecule has 2 aromatic carbocycles. The number of aliphatic imine (C=N–C) groups is 1. The van der Waals surface area contributed by atoms with E-state index >= 15 is 0 Å². The monoisotopic (exact) mass is 391 g/mol. The van der Waals surface area contributed by atoms with Gasteiger partial charge in [0.2, 0.25) is 0 Å². The first-order chi connectivity index (χ1) is 13.5. The number of carbonyl (C=O) groups is 1. The van der Waals surface area contributed by atoms with Crippen molar-refractivity contribution in [1.82, 2.24) is 4.90 Å². The largest absolute Gasteiger partial charge is 0.478 e. The number of amidine groups is 1. The van der Waals surface area contributed by atoms with Crippen LogP contribution >= 0.6 is 11.8 Å². The Balaban J connectivity index is 1.98. The van der Waals surface area contributed by atoms with E-state index in [0.29, 0.717) is 22.4 Å². The number of rotatable bonds is 5. The number of hydrogen-bond donors (Lipinski definition) is 0. The zero-order valence-electron chi connectivity index (χ0n) is 16.1. The van der Waals surface area contributed by atoms with Gasteiger partial charge in [-0.25, -0.2) is 4.99 Å². The van der Waals surface area contributed by atoms with Crippen molar-refractivity contribution in [2.75, 3.05) is 13.2 Å². The Hall–Kier alpha value is -3.04. The lowest BCUT2D eigenvalue weighted by atomic mass is 10.1. The van der Waals surface area contributed by atoms with Crippen molar-refractivity contribution < 1.29 is 9.53 Å². The second-order valence-electron chi connectivity index (χ2n) is 6.28. The summed E-state index contributed by atoms with van der Waals surface area (Å²) in [6, 6.07) is 15.4. The molecule has 0 unspecified atom stereocenters. The van der Waals surface area contributed by atoms with Gasteiger partial charge in [-0.2, -0.15) is 5.26 Å². The molecule has 0 spiro atoms. The SMILES string of the molecule is CCN1C(=O)/C(=C\c2ccccc2OCC#N)SC1=Nc1c(C)cccc1C. The van der Waals surface area contributed by atoms with Crippen molar-refractivity contribution in [1.29, 1.82) is 5.26 Å². The van der Waals surface area contributed by atoms with Gasteiger partial charge in [0.05, 0.1) is 10.6 Å². The molecule has 0 saturated carbocycles. The fourth-order valence-corrected chi connectivity index (χ4v) is 3.97. The zero-order valence-corrected chi connectivity index (χ0v) is 16.9. The average Bonchev–Trinajstić information content (AvgIpc) is 2.98. The fraction of sp³-hybridized carbons (Fsp3) is 0.227. The van der Waals surface area contributed by atoms with Crippen LogP contribution in [0.4, 0.5) is 5.69 Å². The first-order valence-corrected chi connectivity index (χ1v) is 9.82. The molecule has 2 aromatic rings. The van der Waals surface area contributed by atoms with Crippen LogP contribution < -0.4 is 4.74 Å². The number of nitrogens with zero attached hydrogens (tertiary/aromatic N) is 3. The molecule has 6 heteroatoms. The van der Waals surface area contributed by atoms with E-state index in [1.54, 1.807) is 17.0 Å². The number of nitriles is 1. The zero-order chi connectivity index (χ0) is 20.1. The highest BCUT2D eigenvalue weighted by Crippen LogP contribution is 2.36. The van der Waals surface area contributed by atoms with Crippen LogP contribution in [0.25, 0.3) is 6.08 Å². The summed E-state index contributed by atoms with van der Waals surface area (Å²) < 4.78 is 5.47. The van der Waals surface area contributed by atoms with Crippen molar-refractivity contribution in [2.45, 2.75) is 20.8 Å². The van der Waals surface area contributed by atoms with E-state index in [4.69, 9.17) is 15.0 Å².